The van der Waals surface area contributed by atoms with Crippen LogP contribution in [0.3, 0.4) is 0 Å². The second-order valence-corrected chi connectivity index (χ2v) is 16.1. The number of unbranched alkanes of at least 4 members (excludes halogenated alkanes) is 8. The van der Waals surface area contributed by atoms with Gasteiger partial charge in [0, 0.05) is 70.2 Å². The van der Waals surface area contributed by atoms with E-state index < -0.39 is 0 Å². The van der Waals surface area contributed by atoms with Gasteiger partial charge in [-0.05, 0) is 112 Å². The van der Waals surface area contributed by atoms with Crippen molar-refractivity contribution in [2.24, 2.45) is 0 Å². The van der Waals surface area contributed by atoms with E-state index in [1.807, 2.05) is 0 Å². The smallest absolute Gasteiger partial charge is 0.176 e. The summed E-state index contributed by atoms with van der Waals surface area (Å²) in [6.07, 6.45) is 33.7. The highest BCUT2D eigenvalue weighted by Gasteiger charge is 2.23. The van der Waals surface area contributed by atoms with Crippen molar-refractivity contribution in [3.8, 4) is 44.5 Å². The minimum atomic E-state index is 1.04. The van der Waals surface area contributed by atoms with Gasteiger partial charge in [-0.15, -0.1) is 0 Å². The van der Waals surface area contributed by atoms with Gasteiger partial charge in [-0.3, -0.25) is 0 Å². The Morgan fingerprint density at radius 1 is 0.296 bits per heavy atom. The number of benzene rings is 1. The molecule has 0 aliphatic rings. The Kier molecular flexibility index (Phi) is 15.6. The molecule has 5 aromatic rings. The van der Waals surface area contributed by atoms with Crippen molar-refractivity contribution < 1.29 is 18.3 Å². The fourth-order valence-electron chi connectivity index (χ4n) is 8.03. The van der Waals surface area contributed by atoms with Crippen molar-refractivity contribution in [3.05, 3.63) is 108 Å². The van der Waals surface area contributed by atoms with Crippen LogP contribution in [-0.2, 0) is 26.2 Å². The van der Waals surface area contributed by atoms with Crippen molar-refractivity contribution in [1.82, 2.24) is 0 Å². The zero-order chi connectivity index (χ0) is 38.5. The summed E-state index contributed by atoms with van der Waals surface area (Å²) in [6, 6.07) is 14.7. The highest BCUT2D eigenvalue weighted by Crippen LogP contribution is 2.42. The number of hydrogen-bond donors (Lipinski definition) is 0. The third-order valence-corrected chi connectivity index (χ3v) is 10.7. The summed E-state index contributed by atoms with van der Waals surface area (Å²) in [7, 11) is 0. The summed E-state index contributed by atoms with van der Waals surface area (Å²) in [5.41, 5.74) is 15.6. The maximum atomic E-state index is 2.54. The van der Waals surface area contributed by atoms with E-state index >= 15 is 0 Å². The molecule has 54 heavy (non-hydrogen) atoms. The molecular weight excluding hydrogens is 657 g/mol. The highest BCUT2D eigenvalue weighted by molar-refractivity contribution is 5.94. The zero-order valence-corrected chi connectivity index (χ0v) is 35.2. The predicted molar refractivity (Wildman–Crippen MR) is 226 cm³/mol. The molecule has 4 heterocycles. The van der Waals surface area contributed by atoms with Gasteiger partial charge in [-0.1, -0.05) is 53.4 Å². The Hall–Kier alpha value is -4.18. The Morgan fingerprint density at radius 2 is 0.519 bits per heavy atom. The molecule has 0 atom stereocenters. The molecule has 4 heteroatoms. The van der Waals surface area contributed by atoms with Gasteiger partial charge in [0.15, 0.2) is 49.6 Å². The molecule has 0 N–H and O–H groups in total. The fourth-order valence-corrected chi connectivity index (χ4v) is 8.03. The topological polar surface area (TPSA) is 15.5 Å². The standard InChI is InChI=1S/C50H70N4/c1-9-13-17-21-51-31-39(5)25-43(35-51)47-29-49(45-27-41(7)33-53(37-45)23-19-15-11-3)50(46-28-42(8)34-54(38-46)24-20-16-12-4)30-48(47)44-26-40(6)32-52(36-44)22-18-14-10-2/h25-38H,9-24H2,1-8H3/q+4. The Bertz CT molecular complexity index is 1690. The van der Waals surface area contributed by atoms with Crippen LogP contribution in [0.1, 0.15) is 127 Å². The summed E-state index contributed by atoms with van der Waals surface area (Å²) in [6.45, 7) is 22.4. The van der Waals surface area contributed by atoms with Crippen molar-refractivity contribution in [2.45, 2.75) is 159 Å². The molecule has 0 aliphatic heterocycles. The van der Waals surface area contributed by atoms with Gasteiger partial charge in [0.25, 0.3) is 0 Å². The minimum absolute atomic E-state index is 1.04. The molecule has 0 radical (unpaired) electrons. The lowest BCUT2D eigenvalue weighted by atomic mass is 9.86. The third kappa shape index (κ3) is 11.4. The molecule has 5 rings (SSSR count). The normalized spacial score (nSPS) is 11.4. The number of rotatable bonds is 20. The fraction of sp³-hybridized carbons (Fsp3) is 0.480. The average Bonchev–Trinajstić information content (AvgIpc) is 3.14. The second kappa shape index (κ2) is 20.5. The van der Waals surface area contributed by atoms with Crippen LogP contribution in [0.4, 0.5) is 0 Å². The first-order valence-corrected chi connectivity index (χ1v) is 21.4. The summed E-state index contributed by atoms with van der Waals surface area (Å²) in [5, 5.41) is 0. The number of aromatic nitrogens is 4. The lowest BCUT2D eigenvalue weighted by Crippen LogP contribution is -2.34. The van der Waals surface area contributed by atoms with Gasteiger partial charge < -0.3 is 0 Å². The molecule has 0 saturated heterocycles. The molecule has 0 spiro atoms. The first-order chi connectivity index (χ1) is 26.2. The number of pyridine rings is 4. The van der Waals surface area contributed by atoms with E-state index in [2.05, 4.69) is 160 Å². The molecule has 0 amide bonds. The van der Waals surface area contributed by atoms with Gasteiger partial charge in [0.2, 0.25) is 0 Å². The molecule has 0 unspecified atom stereocenters. The van der Waals surface area contributed by atoms with Crippen molar-refractivity contribution in [2.75, 3.05) is 0 Å². The van der Waals surface area contributed by atoms with E-state index in [0.29, 0.717) is 0 Å². The van der Waals surface area contributed by atoms with E-state index in [4.69, 9.17) is 0 Å². The Morgan fingerprint density at radius 3 is 0.722 bits per heavy atom. The maximum Gasteiger partial charge on any atom is 0.176 e. The SMILES string of the molecule is CCCCC[n+]1cc(C)cc(-c2cc(-c3cc(C)c[n+](CCCCC)c3)c(-c3cc(C)c[n+](CCCCC)c3)cc2-c2cc(C)c[n+](CCCCC)c2)c1. The van der Waals surface area contributed by atoms with E-state index in [1.165, 1.54) is 144 Å². The van der Waals surface area contributed by atoms with E-state index in [0.717, 1.165) is 26.2 Å². The van der Waals surface area contributed by atoms with Crippen molar-refractivity contribution >= 4 is 0 Å². The third-order valence-electron chi connectivity index (χ3n) is 10.7. The molecule has 4 nitrogen and oxygen atoms in total. The van der Waals surface area contributed by atoms with Crippen LogP contribution in [0.2, 0.25) is 0 Å². The summed E-state index contributed by atoms with van der Waals surface area (Å²) >= 11 is 0. The number of nitrogens with zero attached hydrogens (tertiary/aromatic N) is 4. The molecular formula is C50H70N4+4. The molecule has 0 bridgehead atoms. The Balaban J connectivity index is 1.82. The van der Waals surface area contributed by atoms with Crippen LogP contribution in [0, 0.1) is 27.7 Å². The molecule has 0 aliphatic carbocycles. The summed E-state index contributed by atoms with van der Waals surface area (Å²) in [4.78, 5) is 0. The lowest BCUT2D eigenvalue weighted by molar-refractivity contribution is -0.697. The van der Waals surface area contributed by atoms with Gasteiger partial charge in [0.05, 0.1) is 0 Å². The summed E-state index contributed by atoms with van der Waals surface area (Å²) in [5.74, 6) is 0. The van der Waals surface area contributed by atoms with Gasteiger partial charge >= 0.3 is 0 Å². The first-order valence-electron chi connectivity index (χ1n) is 21.4. The van der Waals surface area contributed by atoms with Crippen LogP contribution in [0.15, 0.2) is 86.0 Å². The monoisotopic (exact) mass is 727 g/mol. The van der Waals surface area contributed by atoms with Crippen molar-refractivity contribution in [1.29, 1.82) is 0 Å². The van der Waals surface area contributed by atoms with Crippen molar-refractivity contribution in [3.63, 3.8) is 0 Å². The quantitative estimate of drug-likeness (QED) is 0.0561. The van der Waals surface area contributed by atoms with Gasteiger partial charge in [-0.2, -0.15) is 0 Å². The van der Waals surface area contributed by atoms with Crippen LogP contribution in [0.5, 0.6) is 0 Å². The average molecular weight is 727 g/mol. The first kappa shape index (κ1) is 41.0. The molecule has 286 valence electrons. The molecule has 1 aromatic carbocycles. The predicted octanol–water partition coefficient (Wildman–Crippen LogP) is 11.5. The van der Waals surface area contributed by atoms with Crippen LogP contribution in [-0.4, -0.2) is 0 Å². The molecule has 0 saturated carbocycles. The second-order valence-electron chi connectivity index (χ2n) is 16.1. The minimum Gasteiger partial charge on any atom is -0.204 e. The van der Waals surface area contributed by atoms with Crippen LogP contribution >= 0.6 is 0 Å². The number of hydrogen-bond acceptors (Lipinski definition) is 0. The molecule has 4 aromatic heterocycles. The van der Waals surface area contributed by atoms with E-state index in [1.54, 1.807) is 0 Å². The maximum absolute atomic E-state index is 2.54. The zero-order valence-electron chi connectivity index (χ0n) is 35.2. The summed E-state index contributed by atoms with van der Waals surface area (Å²) < 4.78 is 9.75. The van der Waals surface area contributed by atoms with E-state index in [9.17, 15) is 0 Å². The highest BCUT2D eigenvalue weighted by atomic mass is 14.9. The number of aryl methyl sites for hydroxylation is 8. The van der Waals surface area contributed by atoms with E-state index in [-0.39, 0.29) is 0 Å². The van der Waals surface area contributed by atoms with Crippen LogP contribution < -0.4 is 18.3 Å². The molecule has 0 fully saturated rings. The van der Waals surface area contributed by atoms with Gasteiger partial charge in [0.1, 0.15) is 26.2 Å². The Labute approximate surface area is 328 Å². The van der Waals surface area contributed by atoms with Gasteiger partial charge in [-0.25, -0.2) is 18.3 Å². The lowest BCUT2D eigenvalue weighted by Gasteiger charge is -2.18. The van der Waals surface area contributed by atoms with Crippen LogP contribution in [0.25, 0.3) is 44.5 Å². The largest absolute Gasteiger partial charge is 0.204 e.